The zero-order chi connectivity index (χ0) is 13.5. The number of amides is 1. The van der Waals surface area contributed by atoms with Crippen LogP contribution in [0.25, 0.3) is 0 Å². The number of nitrogens with zero attached hydrogens (tertiary/aromatic N) is 2. The predicted molar refractivity (Wildman–Crippen MR) is 74.8 cm³/mol. The van der Waals surface area contributed by atoms with Crippen molar-refractivity contribution in [1.82, 2.24) is 15.5 Å². The van der Waals surface area contributed by atoms with Gasteiger partial charge in [0.15, 0.2) is 0 Å². The molecule has 1 unspecified atom stereocenters. The lowest BCUT2D eigenvalue weighted by Crippen LogP contribution is -2.33. The first-order valence-electron chi connectivity index (χ1n) is 6.36. The van der Waals surface area contributed by atoms with Crippen molar-refractivity contribution < 1.29 is 4.79 Å². The molecule has 1 atom stereocenters. The maximum atomic E-state index is 11.6. The van der Waals surface area contributed by atoms with Crippen LogP contribution in [0.3, 0.4) is 0 Å². The van der Waals surface area contributed by atoms with Gasteiger partial charge >= 0.3 is 0 Å². The van der Waals surface area contributed by atoms with Gasteiger partial charge in [-0.3, -0.25) is 10.1 Å². The molecule has 0 spiro atoms. The lowest BCUT2D eigenvalue weighted by Gasteiger charge is -2.09. The molecule has 1 aromatic rings. The molecule has 18 heavy (non-hydrogen) atoms. The van der Waals surface area contributed by atoms with E-state index in [2.05, 4.69) is 48.5 Å². The molecule has 5 nitrogen and oxygen atoms in total. The van der Waals surface area contributed by atoms with Gasteiger partial charge in [0.2, 0.25) is 11.0 Å². The van der Waals surface area contributed by atoms with E-state index in [4.69, 9.17) is 0 Å². The fraction of sp³-hybridized carbons (Fsp3) is 0.750. The minimum atomic E-state index is -0.0671. The zero-order valence-corrected chi connectivity index (χ0v) is 12.3. The normalized spacial score (nSPS) is 12.7. The number of anilines is 1. The number of nitrogens with one attached hydrogen (secondary N) is 2. The molecule has 0 aliphatic carbocycles. The lowest BCUT2D eigenvalue weighted by molar-refractivity contribution is -0.115. The molecule has 1 aromatic heterocycles. The monoisotopic (exact) mass is 270 g/mol. The van der Waals surface area contributed by atoms with Gasteiger partial charge in [-0.15, -0.1) is 10.2 Å². The maximum absolute atomic E-state index is 11.6. The highest BCUT2D eigenvalue weighted by molar-refractivity contribution is 7.15. The number of hydrogen-bond acceptors (Lipinski definition) is 5. The van der Waals surface area contributed by atoms with Gasteiger partial charge in [-0.05, 0) is 19.3 Å². The molecule has 1 heterocycles. The Hall–Kier alpha value is -1.01. The molecule has 0 fully saturated rings. The highest BCUT2D eigenvalue weighted by Crippen LogP contribution is 2.17. The van der Waals surface area contributed by atoms with Crippen LogP contribution in [0.15, 0.2) is 0 Å². The second-order valence-corrected chi connectivity index (χ2v) is 5.90. The first-order valence-corrected chi connectivity index (χ1v) is 7.18. The van der Waals surface area contributed by atoms with E-state index in [-0.39, 0.29) is 5.91 Å². The Morgan fingerprint density at radius 2 is 2.06 bits per heavy atom. The number of carbonyl (C=O) groups is 1. The van der Waals surface area contributed by atoms with Crippen LogP contribution in [0.4, 0.5) is 5.13 Å². The van der Waals surface area contributed by atoms with E-state index in [1.807, 2.05) is 0 Å². The van der Waals surface area contributed by atoms with Crippen LogP contribution in [0.5, 0.6) is 0 Å². The second kappa shape index (κ2) is 7.43. The van der Waals surface area contributed by atoms with Crippen molar-refractivity contribution in [1.29, 1.82) is 0 Å². The second-order valence-electron chi connectivity index (χ2n) is 4.84. The Morgan fingerprint density at radius 1 is 1.33 bits per heavy atom. The average Bonchev–Trinajstić information content (AvgIpc) is 2.72. The Morgan fingerprint density at radius 3 is 2.67 bits per heavy atom. The molecule has 102 valence electrons. The van der Waals surface area contributed by atoms with E-state index in [1.165, 1.54) is 11.3 Å². The van der Waals surface area contributed by atoms with Crippen LogP contribution in [0.2, 0.25) is 0 Å². The number of hydrogen-bond donors (Lipinski definition) is 2. The van der Waals surface area contributed by atoms with E-state index >= 15 is 0 Å². The molecule has 0 bridgehead atoms. The van der Waals surface area contributed by atoms with E-state index in [0.717, 1.165) is 17.8 Å². The molecule has 1 rings (SSSR count). The molecule has 0 radical (unpaired) electrons. The topological polar surface area (TPSA) is 66.9 Å². The van der Waals surface area contributed by atoms with Crippen molar-refractivity contribution in [2.75, 3.05) is 11.9 Å². The largest absolute Gasteiger partial charge is 0.306 e. The van der Waals surface area contributed by atoms with Crippen molar-refractivity contribution in [3.8, 4) is 0 Å². The fourth-order valence-corrected chi connectivity index (χ4v) is 2.28. The molecule has 0 aliphatic rings. The van der Waals surface area contributed by atoms with Gasteiger partial charge in [-0.25, -0.2) is 0 Å². The van der Waals surface area contributed by atoms with Crippen LogP contribution in [-0.4, -0.2) is 28.7 Å². The first-order chi connectivity index (χ1) is 8.51. The van der Waals surface area contributed by atoms with Crippen molar-refractivity contribution in [2.45, 2.75) is 46.6 Å². The van der Waals surface area contributed by atoms with Gasteiger partial charge in [0, 0.05) is 12.5 Å². The summed E-state index contributed by atoms with van der Waals surface area (Å²) in [6, 6.07) is 0.349. The molecular weight excluding hydrogens is 248 g/mol. The van der Waals surface area contributed by atoms with Gasteiger partial charge in [-0.2, -0.15) is 0 Å². The third-order valence-electron chi connectivity index (χ3n) is 2.52. The summed E-state index contributed by atoms with van der Waals surface area (Å²) in [5.74, 6) is 0.483. The Labute approximate surface area is 112 Å². The Bertz CT molecular complexity index is 378. The van der Waals surface area contributed by atoms with Gasteiger partial charge in [0.1, 0.15) is 5.01 Å². The standard InChI is InChI=1S/C12H22N4OS/c1-5-9(4)13-7-10(17)14-12-16-15-11(18-12)6-8(2)3/h8-9,13H,5-7H2,1-4H3,(H,14,16,17). The van der Waals surface area contributed by atoms with E-state index in [0.29, 0.717) is 23.6 Å². The fourth-order valence-electron chi connectivity index (χ4n) is 1.31. The zero-order valence-electron chi connectivity index (χ0n) is 11.5. The quantitative estimate of drug-likeness (QED) is 0.796. The molecular formula is C12H22N4OS. The number of aromatic nitrogens is 2. The Balaban J connectivity index is 2.37. The van der Waals surface area contributed by atoms with Gasteiger partial charge < -0.3 is 5.32 Å². The highest BCUT2D eigenvalue weighted by Gasteiger charge is 2.09. The maximum Gasteiger partial charge on any atom is 0.240 e. The van der Waals surface area contributed by atoms with Crippen LogP contribution >= 0.6 is 11.3 Å². The van der Waals surface area contributed by atoms with Crippen LogP contribution in [-0.2, 0) is 11.2 Å². The highest BCUT2D eigenvalue weighted by atomic mass is 32.1. The van der Waals surface area contributed by atoms with E-state index in [1.54, 1.807) is 0 Å². The molecule has 0 aromatic carbocycles. The van der Waals surface area contributed by atoms with Crippen LogP contribution < -0.4 is 10.6 Å². The van der Waals surface area contributed by atoms with Crippen LogP contribution in [0.1, 0.15) is 39.1 Å². The third-order valence-corrected chi connectivity index (χ3v) is 3.38. The molecule has 0 saturated carbocycles. The summed E-state index contributed by atoms with van der Waals surface area (Å²) in [5, 5.41) is 15.5. The minimum absolute atomic E-state index is 0.0671. The van der Waals surface area contributed by atoms with Gasteiger partial charge in [0.25, 0.3) is 0 Å². The third kappa shape index (κ3) is 5.55. The molecule has 1 amide bonds. The van der Waals surface area contributed by atoms with Crippen molar-refractivity contribution in [3.05, 3.63) is 5.01 Å². The smallest absolute Gasteiger partial charge is 0.240 e. The number of carbonyl (C=O) groups excluding carboxylic acids is 1. The SMILES string of the molecule is CCC(C)NCC(=O)Nc1nnc(CC(C)C)s1. The molecule has 6 heteroatoms. The number of rotatable bonds is 7. The predicted octanol–water partition coefficient (Wildman–Crippen LogP) is 2.06. The van der Waals surface area contributed by atoms with Gasteiger partial charge in [-0.1, -0.05) is 32.1 Å². The average molecular weight is 270 g/mol. The lowest BCUT2D eigenvalue weighted by atomic mass is 10.1. The van der Waals surface area contributed by atoms with E-state index < -0.39 is 0 Å². The summed E-state index contributed by atoms with van der Waals surface area (Å²) in [4.78, 5) is 11.6. The summed E-state index contributed by atoms with van der Waals surface area (Å²) < 4.78 is 0. The van der Waals surface area contributed by atoms with Crippen molar-refractivity contribution >= 4 is 22.4 Å². The molecule has 2 N–H and O–H groups in total. The minimum Gasteiger partial charge on any atom is -0.306 e. The summed E-state index contributed by atoms with van der Waals surface area (Å²) >= 11 is 1.45. The Kier molecular flexibility index (Phi) is 6.21. The summed E-state index contributed by atoms with van der Waals surface area (Å²) in [6.45, 7) is 8.72. The summed E-state index contributed by atoms with van der Waals surface area (Å²) in [7, 11) is 0. The first kappa shape index (κ1) is 15.0. The van der Waals surface area contributed by atoms with Crippen molar-refractivity contribution in [2.24, 2.45) is 5.92 Å². The van der Waals surface area contributed by atoms with E-state index in [9.17, 15) is 4.79 Å². The van der Waals surface area contributed by atoms with Crippen molar-refractivity contribution in [3.63, 3.8) is 0 Å². The summed E-state index contributed by atoms with van der Waals surface area (Å²) in [5.41, 5.74) is 0. The van der Waals surface area contributed by atoms with Gasteiger partial charge in [0.05, 0.1) is 6.54 Å². The van der Waals surface area contributed by atoms with Crippen LogP contribution in [0, 0.1) is 5.92 Å². The molecule has 0 saturated heterocycles. The molecule has 0 aliphatic heterocycles. The summed E-state index contributed by atoms with van der Waals surface area (Å²) in [6.07, 6.45) is 1.91.